The lowest BCUT2D eigenvalue weighted by Crippen LogP contribution is -2.26. The largest absolute Gasteiger partial charge is 0.465 e. The van der Waals surface area contributed by atoms with Crippen LogP contribution in [0.25, 0.3) is 0 Å². The lowest BCUT2D eigenvalue weighted by atomic mass is 9.76. The van der Waals surface area contributed by atoms with Crippen molar-refractivity contribution in [2.45, 2.75) is 93.5 Å². The van der Waals surface area contributed by atoms with Crippen molar-refractivity contribution >= 4 is 0 Å². The summed E-state index contributed by atoms with van der Waals surface area (Å²) in [6.45, 7) is 20.1. The second kappa shape index (κ2) is 9.62. The molecule has 2 heteroatoms. The second-order valence-corrected chi connectivity index (χ2v) is 9.55. The minimum atomic E-state index is -0.179. The summed E-state index contributed by atoms with van der Waals surface area (Å²) in [5.41, 5.74) is 1.74. The molecular weight excluding hydrogens is 308 g/mol. The molecule has 0 aliphatic rings. The zero-order valence-corrected chi connectivity index (χ0v) is 17.9. The van der Waals surface area contributed by atoms with Crippen molar-refractivity contribution in [3.8, 4) is 5.75 Å². The van der Waals surface area contributed by atoms with Crippen LogP contribution in [0, 0.1) is 17.3 Å². The molecule has 1 aromatic carbocycles. The Balaban J connectivity index is 2.85. The molecule has 0 spiro atoms. The molecule has 0 aliphatic carbocycles. The summed E-state index contributed by atoms with van der Waals surface area (Å²) in [7, 11) is 0. The SMILES string of the molecule is CC(C)CC(Oc1ccc(C(CC(C)(C)C)C(C)C)cc1)OC(C)C. The highest BCUT2D eigenvalue weighted by Gasteiger charge is 2.23. The number of benzene rings is 1. The quantitative estimate of drug-likeness (QED) is 0.446. The van der Waals surface area contributed by atoms with E-state index < -0.39 is 0 Å². The second-order valence-electron chi connectivity index (χ2n) is 9.55. The number of hydrogen-bond donors (Lipinski definition) is 0. The van der Waals surface area contributed by atoms with Crippen LogP contribution in [0.1, 0.15) is 86.6 Å². The van der Waals surface area contributed by atoms with Gasteiger partial charge in [-0.25, -0.2) is 0 Å². The summed E-state index contributed by atoms with van der Waals surface area (Å²) in [4.78, 5) is 0. The smallest absolute Gasteiger partial charge is 0.200 e. The van der Waals surface area contributed by atoms with Crippen molar-refractivity contribution in [2.24, 2.45) is 17.3 Å². The van der Waals surface area contributed by atoms with E-state index in [0.717, 1.165) is 12.2 Å². The van der Waals surface area contributed by atoms with Gasteiger partial charge in [-0.15, -0.1) is 0 Å². The fourth-order valence-electron chi connectivity index (χ4n) is 3.16. The van der Waals surface area contributed by atoms with Crippen LogP contribution >= 0.6 is 0 Å². The first-order valence-electron chi connectivity index (χ1n) is 9.90. The molecule has 0 amide bonds. The maximum Gasteiger partial charge on any atom is 0.200 e. The summed E-state index contributed by atoms with van der Waals surface area (Å²) in [6.07, 6.45) is 2.08. The van der Waals surface area contributed by atoms with Crippen molar-refractivity contribution in [2.75, 3.05) is 0 Å². The molecule has 2 nitrogen and oxygen atoms in total. The van der Waals surface area contributed by atoms with Gasteiger partial charge in [0.05, 0.1) is 6.10 Å². The van der Waals surface area contributed by atoms with Crippen LogP contribution in [0.3, 0.4) is 0 Å². The van der Waals surface area contributed by atoms with Crippen LogP contribution in [-0.2, 0) is 4.74 Å². The van der Waals surface area contributed by atoms with Gasteiger partial charge >= 0.3 is 0 Å². The monoisotopic (exact) mass is 348 g/mol. The van der Waals surface area contributed by atoms with Gasteiger partial charge in [-0.1, -0.05) is 60.6 Å². The van der Waals surface area contributed by atoms with E-state index in [2.05, 4.69) is 86.6 Å². The molecule has 0 heterocycles. The summed E-state index contributed by atoms with van der Waals surface area (Å²) in [5, 5.41) is 0. The summed E-state index contributed by atoms with van der Waals surface area (Å²) >= 11 is 0. The standard InChI is InChI=1S/C23H40O2/c1-16(2)14-22(24-18(5)6)25-20-12-10-19(11-13-20)21(17(3)4)15-23(7,8)9/h10-13,16-18,21-22H,14-15H2,1-9H3. The van der Waals surface area contributed by atoms with Gasteiger partial charge in [0.2, 0.25) is 0 Å². The first kappa shape index (κ1) is 22.0. The van der Waals surface area contributed by atoms with Gasteiger partial charge in [-0.05, 0) is 61.1 Å². The predicted octanol–water partition coefficient (Wildman–Crippen LogP) is 7.04. The van der Waals surface area contributed by atoms with E-state index in [1.165, 1.54) is 12.0 Å². The Morgan fingerprint density at radius 3 is 1.84 bits per heavy atom. The Morgan fingerprint density at radius 1 is 0.880 bits per heavy atom. The van der Waals surface area contributed by atoms with Crippen LogP contribution in [0.15, 0.2) is 24.3 Å². The third-order valence-corrected chi connectivity index (χ3v) is 4.30. The van der Waals surface area contributed by atoms with E-state index in [9.17, 15) is 0 Å². The average molecular weight is 349 g/mol. The first-order valence-corrected chi connectivity index (χ1v) is 9.90. The average Bonchev–Trinajstić information content (AvgIpc) is 2.43. The normalized spacial score (nSPS) is 15.0. The van der Waals surface area contributed by atoms with Gasteiger partial charge in [0.1, 0.15) is 5.75 Å². The van der Waals surface area contributed by atoms with Crippen LogP contribution < -0.4 is 4.74 Å². The molecule has 0 aliphatic heterocycles. The van der Waals surface area contributed by atoms with E-state index in [1.807, 2.05) is 0 Å². The Hall–Kier alpha value is -1.02. The fraction of sp³-hybridized carbons (Fsp3) is 0.739. The van der Waals surface area contributed by atoms with Gasteiger partial charge in [0.25, 0.3) is 0 Å². The zero-order chi connectivity index (χ0) is 19.2. The highest BCUT2D eigenvalue weighted by molar-refractivity contribution is 5.30. The Bertz CT molecular complexity index is 470. The van der Waals surface area contributed by atoms with Gasteiger partial charge in [0, 0.05) is 6.42 Å². The minimum absolute atomic E-state index is 0.167. The fourth-order valence-corrected chi connectivity index (χ4v) is 3.16. The molecule has 1 aromatic rings. The van der Waals surface area contributed by atoms with Gasteiger partial charge in [-0.3, -0.25) is 0 Å². The van der Waals surface area contributed by atoms with E-state index in [4.69, 9.17) is 9.47 Å². The molecule has 0 bridgehead atoms. The lowest BCUT2D eigenvalue weighted by Gasteiger charge is -2.29. The Labute approximate surface area is 156 Å². The summed E-state index contributed by atoms with van der Waals surface area (Å²) < 4.78 is 12.0. The predicted molar refractivity (Wildman–Crippen MR) is 108 cm³/mol. The van der Waals surface area contributed by atoms with Crippen LogP contribution in [0.4, 0.5) is 0 Å². The molecule has 0 saturated carbocycles. The third kappa shape index (κ3) is 8.76. The number of hydrogen-bond acceptors (Lipinski definition) is 2. The van der Waals surface area contributed by atoms with Gasteiger partial charge in [-0.2, -0.15) is 0 Å². The first-order chi connectivity index (χ1) is 11.5. The maximum atomic E-state index is 6.11. The lowest BCUT2D eigenvalue weighted by molar-refractivity contribution is -0.117. The number of rotatable bonds is 9. The molecule has 0 saturated heterocycles. The molecule has 0 radical (unpaired) electrons. The third-order valence-electron chi connectivity index (χ3n) is 4.30. The van der Waals surface area contributed by atoms with E-state index in [1.54, 1.807) is 0 Å². The van der Waals surface area contributed by atoms with Crippen LogP contribution in [-0.4, -0.2) is 12.4 Å². The van der Waals surface area contributed by atoms with Gasteiger partial charge in [0.15, 0.2) is 6.29 Å². The maximum absolute atomic E-state index is 6.11. The van der Waals surface area contributed by atoms with Crippen LogP contribution in [0.5, 0.6) is 5.75 Å². The molecule has 144 valence electrons. The molecule has 1 rings (SSSR count). The molecular formula is C23H40O2. The molecule has 25 heavy (non-hydrogen) atoms. The minimum Gasteiger partial charge on any atom is -0.465 e. The molecule has 2 unspecified atom stereocenters. The van der Waals surface area contributed by atoms with Gasteiger partial charge < -0.3 is 9.47 Å². The molecule has 0 aromatic heterocycles. The Morgan fingerprint density at radius 2 is 1.44 bits per heavy atom. The molecule has 0 fully saturated rings. The van der Waals surface area contributed by atoms with Crippen molar-refractivity contribution in [3.05, 3.63) is 29.8 Å². The van der Waals surface area contributed by atoms with Crippen molar-refractivity contribution < 1.29 is 9.47 Å². The van der Waals surface area contributed by atoms with Crippen molar-refractivity contribution in [1.82, 2.24) is 0 Å². The highest BCUT2D eigenvalue weighted by Crippen LogP contribution is 2.36. The summed E-state index contributed by atoms with van der Waals surface area (Å²) in [5.74, 6) is 2.64. The van der Waals surface area contributed by atoms with E-state index >= 15 is 0 Å². The molecule has 0 N–H and O–H groups in total. The topological polar surface area (TPSA) is 18.5 Å². The zero-order valence-electron chi connectivity index (χ0n) is 17.9. The highest BCUT2D eigenvalue weighted by atomic mass is 16.7. The van der Waals surface area contributed by atoms with Crippen LogP contribution in [0.2, 0.25) is 0 Å². The van der Waals surface area contributed by atoms with Crippen molar-refractivity contribution in [3.63, 3.8) is 0 Å². The van der Waals surface area contributed by atoms with E-state index in [-0.39, 0.29) is 12.4 Å². The number of ether oxygens (including phenoxy) is 2. The Kier molecular flexibility index (Phi) is 8.47. The summed E-state index contributed by atoms with van der Waals surface area (Å²) in [6, 6.07) is 8.66. The van der Waals surface area contributed by atoms with E-state index in [0.29, 0.717) is 23.2 Å². The van der Waals surface area contributed by atoms with Crippen molar-refractivity contribution in [1.29, 1.82) is 0 Å². The molecule has 2 atom stereocenters.